The molecule has 1 N–H and O–H groups in total. The lowest BCUT2D eigenvalue weighted by atomic mass is 10.2. The third-order valence-corrected chi connectivity index (χ3v) is 7.40. The van der Waals surface area contributed by atoms with Crippen molar-refractivity contribution in [2.45, 2.75) is 38.3 Å². The van der Waals surface area contributed by atoms with Crippen molar-refractivity contribution in [3.63, 3.8) is 0 Å². The molecule has 10 heteroatoms. The molecule has 0 radical (unpaired) electrons. The van der Waals surface area contributed by atoms with Crippen molar-refractivity contribution in [1.82, 2.24) is 5.32 Å². The van der Waals surface area contributed by atoms with Gasteiger partial charge in [-0.25, -0.2) is 8.42 Å². The van der Waals surface area contributed by atoms with Gasteiger partial charge < -0.3 is 19.5 Å². The summed E-state index contributed by atoms with van der Waals surface area (Å²) in [5.41, 5.74) is 1.82. The zero-order valence-electron chi connectivity index (χ0n) is 21.4. The van der Waals surface area contributed by atoms with E-state index < -0.39 is 22.5 Å². The van der Waals surface area contributed by atoms with E-state index in [0.717, 1.165) is 15.4 Å². The Kier molecular flexibility index (Phi) is 9.29. The second-order valence-electron chi connectivity index (χ2n) is 8.57. The van der Waals surface area contributed by atoms with Crippen LogP contribution in [0.4, 0.5) is 5.69 Å². The predicted octanol–water partition coefficient (Wildman–Crippen LogP) is 4.96. The molecule has 0 aliphatic carbocycles. The number of nitrogens with zero attached hydrogens (tertiary/aromatic N) is 1. The minimum atomic E-state index is -4.13. The van der Waals surface area contributed by atoms with Gasteiger partial charge in [-0.05, 0) is 68.8 Å². The molecule has 0 aliphatic rings. The number of aryl methyl sites for hydroxylation is 1. The number of anilines is 1. The van der Waals surface area contributed by atoms with Gasteiger partial charge in [-0.2, -0.15) is 0 Å². The fourth-order valence-corrected chi connectivity index (χ4v) is 5.15. The van der Waals surface area contributed by atoms with Crippen LogP contribution in [-0.4, -0.2) is 41.2 Å². The van der Waals surface area contributed by atoms with Crippen molar-refractivity contribution in [3.05, 3.63) is 76.8 Å². The number of ether oxygens (including phenoxy) is 3. The monoisotopic (exact) mass is 546 g/mol. The van der Waals surface area contributed by atoms with Gasteiger partial charge in [-0.3, -0.25) is 9.10 Å². The van der Waals surface area contributed by atoms with Crippen molar-refractivity contribution in [2.75, 3.05) is 25.1 Å². The number of methoxy groups -OCH3 is 2. The summed E-state index contributed by atoms with van der Waals surface area (Å²) in [6.07, 6.45) is -0.0237. The van der Waals surface area contributed by atoms with Crippen LogP contribution in [0.5, 0.6) is 17.2 Å². The lowest BCUT2D eigenvalue weighted by Gasteiger charge is -2.26. The average Bonchev–Trinajstić information content (AvgIpc) is 2.86. The van der Waals surface area contributed by atoms with E-state index in [4.69, 9.17) is 25.8 Å². The Hall–Kier alpha value is -3.43. The van der Waals surface area contributed by atoms with Crippen molar-refractivity contribution in [2.24, 2.45) is 0 Å². The molecule has 0 heterocycles. The molecule has 1 amide bonds. The molecule has 3 rings (SSSR count). The molecule has 0 spiro atoms. The predicted molar refractivity (Wildman–Crippen MR) is 144 cm³/mol. The fraction of sp³-hybridized carbons (Fsp3) is 0.296. The van der Waals surface area contributed by atoms with Crippen molar-refractivity contribution in [3.8, 4) is 17.2 Å². The van der Waals surface area contributed by atoms with E-state index >= 15 is 0 Å². The fourth-order valence-electron chi connectivity index (χ4n) is 3.56. The van der Waals surface area contributed by atoms with Crippen LogP contribution in [0.3, 0.4) is 0 Å². The van der Waals surface area contributed by atoms with Crippen LogP contribution < -0.4 is 23.8 Å². The molecule has 0 bridgehead atoms. The van der Waals surface area contributed by atoms with Gasteiger partial charge in [-0.15, -0.1) is 0 Å². The molecule has 0 saturated carbocycles. The molecule has 3 aromatic rings. The highest BCUT2D eigenvalue weighted by Crippen LogP contribution is 2.35. The van der Waals surface area contributed by atoms with Crippen LogP contribution in [-0.2, 0) is 21.4 Å². The van der Waals surface area contributed by atoms with E-state index in [9.17, 15) is 13.2 Å². The summed E-state index contributed by atoms with van der Waals surface area (Å²) < 4.78 is 44.8. The molecule has 8 nitrogen and oxygen atoms in total. The normalized spacial score (nSPS) is 11.2. The molecule has 0 aliphatic heterocycles. The number of sulfonamides is 1. The van der Waals surface area contributed by atoms with E-state index in [0.29, 0.717) is 16.5 Å². The number of carbonyl (C=O) groups is 1. The van der Waals surface area contributed by atoms with Crippen LogP contribution >= 0.6 is 11.6 Å². The maximum absolute atomic E-state index is 13.7. The Bertz CT molecular complexity index is 1340. The minimum Gasteiger partial charge on any atom is -0.495 e. The molecule has 0 unspecified atom stereocenters. The molecule has 198 valence electrons. The maximum atomic E-state index is 13.7. The van der Waals surface area contributed by atoms with Gasteiger partial charge in [0.2, 0.25) is 5.91 Å². The number of halogens is 1. The Balaban J connectivity index is 1.88. The second kappa shape index (κ2) is 12.2. The summed E-state index contributed by atoms with van der Waals surface area (Å²) in [4.78, 5) is 13.1. The minimum absolute atomic E-state index is 0.0237. The smallest absolute Gasteiger partial charge is 0.264 e. The molecule has 0 aromatic heterocycles. The van der Waals surface area contributed by atoms with Crippen LogP contribution in [0.2, 0.25) is 5.02 Å². The van der Waals surface area contributed by atoms with Crippen LogP contribution in [0.1, 0.15) is 25.0 Å². The van der Waals surface area contributed by atoms with Gasteiger partial charge in [0.15, 0.2) is 11.5 Å². The number of hydrogen-bond acceptors (Lipinski definition) is 6. The Morgan fingerprint density at radius 3 is 2.22 bits per heavy atom. The molecule has 0 atom stereocenters. The van der Waals surface area contributed by atoms with Gasteiger partial charge in [0.25, 0.3) is 10.0 Å². The molecule has 0 fully saturated rings. The Morgan fingerprint density at radius 2 is 1.59 bits per heavy atom. The first-order chi connectivity index (χ1) is 17.5. The summed E-state index contributed by atoms with van der Waals surface area (Å²) in [6, 6.07) is 16.3. The summed E-state index contributed by atoms with van der Waals surface area (Å²) in [6.45, 7) is 5.36. The average molecular weight is 547 g/mol. The highest BCUT2D eigenvalue weighted by atomic mass is 35.5. The molecular weight excluding hydrogens is 516 g/mol. The first-order valence-electron chi connectivity index (χ1n) is 11.6. The number of rotatable bonds is 11. The molecular formula is C27H31ClN2O6S. The van der Waals surface area contributed by atoms with Gasteiger partial charge in [-0.1, -0.05) is 35.4 Å². The lowest BCUT2D eigenvalue weighted by Crippen LogP contribution is -2.40. The highest BCUT2D eigenvalue weighted by Gasteiger charge is 2.29. The first-order valence-corrected chi connectivity index (χ1v) is 13.4. The zero-order valence-corrected chi connectivity index (χ0v) is 23.0. The Labute approximate surface area is 223 Å². The topological polar surface area (TPSA) is 94.2 Å². The van der Waals surface area contributed by atoms with Crippen LogP contribution in [0, 0.1) is 6.92 Å². The van der Waals surface area contributed by atoms with E-state index in [-0.39, 0.29) is 29.0 Å². The number of amides is 1. The SMILES string of the molecule is COc1cc(CNC(=O)CN(c2cc(Cl)ccc2OC)S(=O)(=O)c2ccc(C)cc2)ccc1OC(C)C. The van der Waals surface area contributed by atoms with E-state index in [1.54, 1.807) is 42.5 Å². The summed E-state index contributed by atoms with van der Waals surface area (Å²) >= 11 is 6.19. The first kappa shape index (κ1) is 28.1. The van der Waals surface area contributed by atoms with Gasteiger partial charge in [0.05, 0.1) is 30.9 Å². The lowest BCUT2D eigenvalue weighted by molar-refractivity contribution is -0.119. The third kappa shape index (κ3) is 7.08. The second-order valence-corrected chi connectivity index (χ2v) is 10.9. The summed E-state index contributed by atoms with van der Waals surface area (Å²) in [5.74, 6) is 0.876. The number of nitrogens with one attached hydrogen (secondary N) is 1. The van der Waals surface area contributed by atoms with Crippen molar-refractivity contribution >= 4 is 33.2 Å². The third-order valence-electron chi connectivity index (χ3n) is 5.39. The van der Waals surface area contributed by atoms with Crippen LogP contribution in [0.15, 0.2) is 65.6 Å². The largest absolute Gasteiger partial charge is 0.495 e. The number of benzene rings is 3. The Morgan fingerprint density at radius 1 is 0.946 bits per heavy atom. The zero-order chi connectivity index (χ0) is 27.2. The molecule has 37 heavy (non-hydrogen) atoms. The highest BCUT2D eigenvalue weighted by molar-refractivity contribution is 7.92. The number of carbonyl (C=O) groups excluding carboxylic acids is 1. The van der Waals surface area contributed by atoms with E-state index in [1.807, 2.05) is 20.8 Å². The van der Waals surface area contributed by atoms with Crippen molar-refractivity contribution < 1.29 is 27.4 Å². The maximum Gasteiger partial charge on any atom is 0.264 e. The van der Waals surface area contributed by atoms with Crippen molar-refractivity contribution in [1.29, 1.82) is 0 Å². The summed E-state index contributed by atoms with van der Waals surface area (Å²) in [5, 5.41) is 3.08. The van der Waals surface area contributed by atoms with Gasteiger partial charge in [0, 0.05) is 11.6 Å². The van der Waals surface area contributed by atoms with Crippen LogP contribution in [0.25, 0.3) is 0 Å². The molecule has 3 aromatic carbocycles. The van der Waals surface area contributed by atoms with E-state index in [2.05, 4.69) is 5.32 Å². The molecule has 0 saturated heterocycles. The quantitative estimate of drug-likeness (QED) is 0.365. The van der Waals surface area contributed by atoms with Gasteiger partial charge in [0.1, 0.15) is 12.3 Å². The van der Waals surface area contributed by atoms with Gasteiger partial charge >= 0.3 is 0 Å². The van der Waals surface area contributed by atoms with E-state index in [1.165, 1.54) is 32.4 Å². The standard InChI is InChI=1S/C27H31ClN2O6S/c1-18(2)36-25-12-8-20(14-26(25)35-5)16-29-27(31)17-30(23-15-21(28)9-13-24(23)34-4)37(32,33)22-10-6-19(3)7-11-22/h6-15,18H,16-17H2,1-5H3,(H,29,31). The summed E-state index contributed by atoms with van der Waals surface area (Å²) in [7, 11) is -1.17. The number of hydrogen-bond donors (Lipinski definition) is 1.